The lowest BCUT2D eigenvalue weighted by atomic mass is 9.76. The summed E-state index contributed by atoms with van der Waals surface area (Å²) in [6.45, 7) is 11.9. The number of nitrogens with zero attached hydrogens (tertiary/aromatic N) is 1. The van der Waals surface area contributed by atoms with Gasteiger partial charge in [0.05, 0.1) is 6.04 Å². The molecule has 110 valence electrons. The molecule has 0 aromatic heterocycles. The Bertz CT molecular complexity index is 317. The number of amides is 1. The Morgan fingerprint density at radius 2 is 1.89 bits per heavy atom. The smallest absolute Gasteiger partial charge is 0.240 e. The van der Waals surface area contributed by atoms with E-state index in [1.54, 1.807) is 0 Å². The molecule has 0 aromatic rings. The van der Waals surface area contributed by atoms with Gasteiger partial charge in [-0.15, -0.1) is 0 Å². The van der Waals surface area contributed by atoms with Gasteiger partial charge in [0, 0.05) is 13.1 Å². The lowest BCUT2D eigenvalue weighted by molar-refractivity contribution is -0.139. The minimum atomic E-state index is 0.0249. The van der Waals surface area contributed by atoms with Gasteiger partial charge in [0.15, 0.2) is 0 Å². The van der Waals surface area contributed by atoms with Crippen LogP contribution >= 0.6 is 0 Å². The minimum Gasteiger partial charge on any atom is -0.341 e. The molecule has 2 saturated heterocycles. The summed E-state index contributed by atoms with van der Waals surface area (Å²) in [6.07, 6.45) is 4.69. The molecule has 0 aliphatic carbocycles. The highest BCUT2D eigenvalue weighted by atomic mass is 16.2. The van der Waals surface area contributed by atoms with Crippen LogP contribution in [0.15, 0.2) is 0 Å². The molecular weight excluding hydrogens is 236 g/mol. The first kappa shape index (κ1) is 14.8. The molecule has 19 heavy (non-hydrogen) atoms. The SMILES string of the molecule is CC(C)C1CCN(C(=O)C2NCCCC2(C)C)CC1. The van der Waals surface area contributed by atoms with Gasteiger partial charge in [-0.1, -0.05) is 27.7 Å². The van der Waals surface area contributed by atoms with Gasteiger partial charge in [-0.2, -0.15) is 0 Å². The molecule has 0 saturated carbocycles. The first-order valence-corrected chi connectivity index (χ1v) is 7.94. The Labute approximate surface area is 118 Å². The molecule has 0 radical (unpaired) electrons. The number of hydrogen-bond donors (Lipinski definition) is 1. The fraction of sp³-hybridized carbons (Fsp3) is 0.938. The first-order chi connectivity index (χ1) is 8.92. The molecule has 1 amide bonds. The maximum Gasteiger partial charge on any atom is 0.240 e. The second-order valence-electron chi connectivity index (χ2n) is 7.39. The van der Waals surface area contributed by atoms with E-state index in [0.717, 1.165) is 37.9 Å². The fourth-order valence-electron chi connectivity index (χ4n) is 3.60. The van der Waals surface area contributed by atoms with Gasteiger partial charge in [0.1, 0.15) is 0 Å². The molecule has 2 fully saturated rings. The van der Waals surface area contributed by atoms with Gasteiger partial charge < -0.3 is 10.2 Å². The Hall–Kier alpha value is -0.570. The van der Waals surface area contributed by atoms with Crippen LogP contribution < -0.4 is 5.32 Å². The molecule has 0 aromatic carbocycles. The van der Waals surface area contributed by atoms with E-state index in [1.807, 2.05) is 0 Å². The fourth-order valence-corrected chi connectivity index (χ4v) is 3.60. The summed E-state index contributed by atoms with van der Waals surface area (Å²) < 4.78 is 0. The van der Waals surface area contributed by atoms with Crippen LogP contribution in [0.1, 0.15) is 53.4 Å². The Balaban J connectivity index is 1.93. The highest BCUT2D eigenvalue weighted by Crippen LogP contribution is 2.32. The lowest BCUT2D eigenvalue weighted by Crippen LogP contribution is -2.57. The average molecular weight is 266 g/mol. The van der Waals surface area contributed by atoms with Crippen LogP contribution in [-0.4, -0.2) is 36.5 Å². The van der Waals surface area contributed by atoms with Crippen LogP contribution in [0.25, 0.3) is 0 Å². The lowest BCUT2D eigenvalue weighted by Gasteiger charge is -2.42. The summed E-state index contributed by atoms with van der Waals surface area (Å²) in [4.78, 5) is 14.8. The van der Waals surface area contributed by atoms with Gasteiger partial charge in [0.2, 0.25) is 5.91 Å². The molecule has 3 nitrogen and oxygen atoms in total. The number of piperidine rings is 2. The van der Waals surface area contributed by atoms with E-state index in [4.69, 9.17) is 0 Å². The number of likely N-dealkylation sites (tertiary alicyclic amines) is 1. The van der Waals surface area contributed by atoms with Gasteiger partial charge >= 0.3 is 0 Å². The zero-order valence-corrected chi connectivity index (χ0v) is 13.0. The zero-order valence-electron chi connectivity index (χ0n) is 13.0. The topological polar surface area (TPSA) is 32.3 Å². The van der Waals surface area contributed by atoms with Crippen molar-refractivity contribution >= 4 is 5.91 Å². The third kappa shape index (κ3) is 3.31. The van der Waals surface area contributed by atoms with Gasteiger partial charge in [-0.05, 0) is 49.5 Å². The number of hydrogen-bond acceptors (Lipinski definition) is 2. The van der Waals surface area contributed by atoms with E-state index in [2.05, 4.69) is 37.9 Å². The summed E-state index contributed by atoms with van der Waals surface area (Å²) >= 11 is 0. The van der Waals surface area contributed by atoms with Crippen LogP contribution in [0.5, 0.6) is 0 Å². The van der Waals surface area contributed by atoms with Crippen molar-refractivity contribution in [2.24, 2.45) is 17.3 Å². The highest BCUT2D eigenvalue weighted by Gasteiger charge is 2.39. The molecule has 2 aliphatic heterocycles. The molecule has 1 atom stereocenters. The highest BCUT2D eigenvalue weighted by molar-refractivity contribution is 5.83. The van der Waals surface area contributed by atoms with E-state index in [1.165, 1.54) is 19.3 Å². The first-order valence-electron chi connectivity index (χ1n) is 7.94. The quantitative estimate of drug-likeness (QED) is 0.833. The second kappa shape index (κ2) is 5.82. The predicted octanol–water partition coefficient (Wildman–Crippen LogP) is 2.66. The van der Waals surface area contributed by atoms with E-state index in [-0.39, 0.29) is 11.5 Å². The summed E-state index contributed by atoms with van der Waals surface area (Å²) in [5.41, 5.74) is 0.101. The van der Waals surface area contributed by atoms with Crippen molar-refractivity contribution in [1.29, 1.82) is 0 Å². The molecule has 2 aliphatic rings. The van der Waals surface area contributed by atoms with Crippen LogP contribution in [0, 0.1) is 17.3 Å². The van der Waals surface area contributed by atoms with E-state index in [0.29, 0.717) is 5.91 Å². The third-order valence-electron chi connectivity index (χ3n) is 5.17. The maximum atomic E-state index is 12.7. The van der Waals surface area contributed by atoms with Gasteiger partial charge in [0.25, 0.3) is 0 Å². The van der Waals surface area contributed by atoms with Crippen molar-refractivity contribution in [2.45, 2.75) is 59.4 Å². The molecule has 1 N–H and O–H groups in total. The molecule has 2 rings (SSSR count). The summed E-state index contributed by atoms with van der Waals surface area (Å²) in [7, 11) is 0. The summed E-state index contributed by atoms with van der Waals surface area (Å²) in [5, 5.41) is 3.45. The van der Waals surface area contributed by atoms with E-state index >= 15 is 0 Å². The number of rotatable bonds is 2. The standard InChI is InChI=1S/C16H30N2O/c1-12(2)13-6-10-18(11-7-13)15(19)14-16(3,4)8-5-9-17-14/h12-14,17H,5-11H2,1-4H3. The largest absolute Gasteiger partial charge is 0.341 e. The van der Waals surface area contributed by atoms with Crippen molar-refractivity contribution in [3.63, 3.8) is 0 Å². The van der Waals surface area contributed by atoms with E-state index in [9.17, 15) is 4.79 Å². The summed E-state index contributed by atoms with van der Waals surface area (Å²) in [6, 6.07) is 0.0249. The predicted molar refractivity (Wildman–Crippen MR) is 78.9 cm³/mol. The molecule has 3 heteroatoms. The van der Waals surface area contributed by atoms with Crippen LogP contribution in [0.2, 0.25) is 0 Å². The maximum absolute atomic E-state index is 12.7. The van der Waals surface area contributed by atoms with Crippen LogP contribution in [0.4, 0.5) is 0 Å². The van der Waals surface area contributed by atoms with Gasteiger partial charge in [-0.25, -0.2) is 0 Å². The third-order valence-corrected chi connectivity index (χ3v) is 5.17. The number of nitrogens with one attached hydrogen (secondary N) is 1. The molecule has 0 bridgehead atoms. The van der Waals surface area contributed by atoms with Crippen molar-refractivity contribution in [3.05, 3.63) is 0 Å². The van der Waals surface area contributed by atoms with Crippen molar-refractivity contribution < 1.29 is 4.79 Å². The second-order valence-corrected chi connectivity index (χ2v) is 7.39. The van der Waals surface area contributed by atoms with E-state index < -0.39 is 0 Å². The molecular formula is C16H30N2O. The molecule has 1 unspecified atom stereocenters. The van der Waals surface area contributed by atoms with Gasteiger partial charge in [-0.3, -0.25) is 4.79 Å². The van der Waals surface area contributed by atoms with Crippen molar-refractivity contribution in [1.82, 2.24) is 10.2 Å². The Kier molecular flexibility index (Phi) is 4.54. The molecule has 0 spiro atoms. The minimum absolute atomic E-state index is 0.0249. The molecule has 2 heterocycles. The average Bonchev–Trinajstić information content (AvgIpc) is 2.37. The Morgan fingerprint density at radius 3 is 2.42 bits per heavy atom. The summed E-state index contributed by atoms with van der Waals surface area (Å²) in [5.74, 6) is 1.89. The number of carbonyl (C=O) groups excluding carboxylic acids is 1. The number of carbonyl (C=O) groups is 1. The Morgan fingerprint density at radius 1 is 1.26 bits per heavy atom. The monoisotopic (exact) mass is 266 g/mol. The zero-order chi connectivity index (χ0) is 14.0. The van der Waals surface area contributed by atoms with Crippen LogP contribution in [-0.2, 0) is 4.79 Å². The van der Waals surface area contributed by atoms with Crippen molar-refractivity contribution in [2.75, 3.05) is 19.6 Å². The van der Waals surface area contributed by atoms with Crippen LogP contribution in [0.3, 0.4) is 0 Å². The normalized spacial score (nSPS) is 28.7. The van der Waals surface area contributed by atoms with Crippen molar-refractivity contribution in [3.8, 4) is 0 Å².